The van der Waals surface area contributed by atoms with Crippen LogP contribution in [-0.4, -0.2) is 11.1 Å². The van der Waals surface area contributed by atoms with E-state index in [1.165, 1.54) is 16.5 Å². The third kappa shape index (κ3) is 2.52. The summed E-state index contributed by atoms with van der Waals surface area (Å²) in [5.41, 5.74) is 8.68. The standard InChI is InChI=1S/C15H22N2/c1-12-10-17(9-8-15(2,3)11-16)14-7-5-4-6-13(12)14/h4-7,10H,8-9,11,16H2,1-3H3. The van der Waals surface area contributed by atoms with Crippen molar-refractivity contribution in [3.63, 3.8) is 0 Å². The molecule has 2 N–H and O–H groups in total. The van der Waals surface area contributed by atoms with Crippen LogP contribution in [0.2, 0.25) is 0 Å². The molecule has 0 saturated heterocycles. The Morgan fingerprint density at radius 1 is 1.24 bits per heavy atom. The first kappa shape index (κ1) is 12.2. The molecule has 0 bridgehead atoms. The summed E-state index contributed by atoms with van der Waals surface area (Å²) in [5, 5.41) is 1.36. The number of aryl methyl sites for hydroxylation is 2. The Balaban J connectivity index is 2.25. The van der Waals surface area contributed by atoms with Crippen LogP contribution in [0.1, 0.15) is 25.8 Å². The number of fused-ring (bicyclic) bond motifs is 1. The Morgan fingerprint density at radius 2 is 1.94 bits per heavy atom. The van der Waals surface area contributed by atoms with Gasteiger partial charge in [-0.3, -0.25) is 0 Å². The molecule has 0 saturated carbocycles. The third-order valence-corrected chi connectivity index (χ3v) is 3.57. The van der Waals surface area contributed by atoms with Gasteiger partial charge in [0.1, 0.15) is 0 Å². The lowest BCUT2D eigenvalue weighted by atomic mass is 9.90. The Kier molecular flexibility index (Phi) is 3.25. The number of hydrogen-bond acceptors (Lipinski definition) is 1. The van der Waals surface area contributed by atoms with Gasteiger partial charge in [-0.2, -0.15) is 0 Å². The van der Waals surface area contributed by atoms with Crippen molar-refractivity contribution in [1.29, 1.82) is 0 Å². The lowest BCUT2D eigenvalue weighted by Gasteiger charge is -2.22. The molecule has 2 aromatic rings. The van der Waals surface area contributed by atoms with Crippen molar-refractivity contribution < 1.29 is 0 Å². The smallest absolute Gasteiger partial charge is 0.0483 e. The first-order valence-electron chi connectivity index (χ1n) is 6.28. The summed E-state index contributed by atoms with van der Waals surface area (Å²) in [5.74, 6) is 0. The monoisotopic (exact) mass is 230 g/mol. The molecule has 0 spiro atoms. The van der Waals surface area contributed by atoms with E-state index in [2.05, 4.69) is 55.8 Å². The molecule has 0 amide bonds. The number of benzene rings is 1. The highest BCUT2D eigenvalue weighted by atomic mass is 15.0. The average Bonchev–Trinajstić information content (AvgIpc) is 2.65. The average molecular weight is 230 g/mol. The zero-order valence-electron chi connectivity index (χ0n) is 11.0. The molecule has 2 rings (SSSR count). The molecule has 0 fully saturated rings. The van der Waals surface area contributed by atoms with Crippen molar-refractivity contribution in [3.8, 4) is 0 Å². The summed E-state index contributed by atoms with van der Waals surface area (Å²) in [6.45, 7) is 8.41. The van der Waals surface area contributed by atoms with Gasteiger partial charge in [0.25, 0.3) is 0 Å². The zero-order chi connectivity index (χ0) is 12.5. The maximum absolute atomic E-state index is 5.78. The van der Waals surface area contributed by atoms with Crippen LogP contribution in [0.25, 0.3) is 10.9 Å². The van der Waals surface area contributed by atoms with Crippen LogP contribution < -0.4 is 5.73 Å². The van der Waals surface area contributed by atoms with Crippen molar-refractivity contribution in [3.05, 3.63) is 36.0 Å². The molecule has 2 heteroatoms. The maximum Gasteiger partial charge on any atom is 0.0483 e. The Morgan fingerprint density at radius 3 is 2.65 bits per heavy atom. The predicted octanol–water partition coefficient (Wildman–Crippen LogP) is 3.32. The van der Waals surface area contributed by atoms with Gasteiger partial charge in [-0.15, -0.1) is 0 Å². The fraction of sp³-hybridized carbons (Fsp3) is 0.467. The number of nitrogens with zero attached hydrogens (tertiary/aromatic N) is 1. The van der Waals surface area contributed by atoms with Crippen molar-refractivity contribution in [2.75, 3.05) is 6.54 Å². The Labute approximate surface area is 103 Å². The zero-order valence-corrected chi connectivity index (χ0v) is 11.0. The summed E-state index contributed by atoms with van der Waals surface area (Å²) in [4.78, 5) is 0. The van der Waals surface area contributed by atoms with Gasteiger partial charge in [0.15, 0.2) is 0 Å². The minimum Gasteiger partial charge on any atom is -0.347 e. The number of para-hydroxylation sites is 1. The topological polar surface area (TPSA) is 30.9 Å². The molecule has 1 heterocycles. The molecule has 0 aliphatic heterocycles. The SMILES string of the molecule is Cc1cn(CCC(C)(C)CN)c2ccccc12. The largest absolute Gasteiger partial charge is 0.347 e. The van der Waals surface area contributed by atoms with Gasteiger partial charge in [-0.1, -0.05) is 32.0 Å². The normalized spacial score (nSPS) is 12.2. The highest BCUT2D eigenvalue weighted by Gasteiger charge is 2.15. The van der Waals surface area contributed by atoms with E-state index >= 15 is 0 Å². The van der Waals surface area contributed by atoms with Gasteiger partial charge in [0.05, 0.1) is 0 Å². The van der Waals surface area contributed by atoms with E-state index in [-0.39, 0.29) is 5.41 Å². The molecule has 1 aromatic heterocycles. The number of hydrogen-bond donors (Lipinski definition) is 1. The highest BCUT2D eigenvalue weighted by molar-refractivity contribution is 5.83. The second kappa shape index (κ2) is 4.53. The lowest BCUT2D eigenvalue weighted by Crippen LogP contribution is -2.24. The third-order valence-electron chi connectivity index (χ3n) is 3.57. The van der Waals surface area contributed by atoms with Gasteiger partial charge in [-0.05, 0) is 36.9 Å². The van der Waals surface area contributed by atoms with E-state index < -0.39 is 0 Å². The summed E-state index contributed by atoms with van der Waals surface area (Å²) in [6.07, 6.45) is 3.36. The molecule has 92 valence electrons. The summed E-state index contributed by atoms with van der Waals surface area (Å²) in [7, 11) is 0. The number of rotatable bonds is 4. The molecule has 0 radical (unpaired) electrons. The van der Waals surface area contributed by atoms with Crippen LogP contribution >= 0.6 is 0 Å². The van der Waals surface area contributed by atoms with Crippen LogP contribution in [0.5, 0.6) is 0 Å². The minimum atomic E-state index is 0.222. The second-order valence-corrected chi connectivity index (χ2v) is 5.64. The molecule has 0 aliphatic carbocycles. The fourth-order valence-corrected chi connectivity index (χ4v) is 2.14. The number of nitrogens with two attached hydrogens (primary N) is 1. The minimum absolute atomic E-state index is 0.222. The Bertz CT molecular complexity index is 509. The van der Waals surface area contributed by atoms with Crippen LogP contribution in [-0.2, 0) is 6.54 Å². The number of aromatic nitrogens is 1. The van der Waals surface area contributed by atoms with Crippen LogP contribution in [0, 0.1) is 12.3 Å². The first-order valence-corrected chi connectivity index (χ1v) is 6.28. The first-order chi connectivity index (χ1) is 8.03. The maximum atomic E-state index is 5.78. The van der Waals surface area contributed by atoms with Gasteiger partial charge >= 0.3 is 0 Å². The fourth-order valence-electron chi connectivity index (χ4n) is 2.14. The molecular weight excluding hydrogens is 208 g/mol. The molecular formula is C15H22N2. The summed E-state index contributed by atoms with van der Waals surface area (Å²) < 4.78 is 2.35. The van der Waals surface area contributed by atoms with E-state index in [4.69, 9.17) is 5.73 Å². The van der Waals surface area contributed by atoms with E-state index in [9.17, 15) is 0 Å². The highest BCUT2D eigenvalue weighted by Crippen LogP contribution is 2.24. The van der Waals surface area contributed by atoms with E-state index in [0.29, 0.717) is 0 Å². The van der Waals surface area contributed by atoms with E-state index in [0.717, 1.165) is 19.5 Å². The molecule has 0 unspecified atom stereocenters. The predicted molar refractivity (Wildman–Crippen MR) is 74.1 cm³/mol. The van der Waals surface area contributed by atoms with Crippen LogP contribution in [0.15, 0.2) is 30.5 Å². The lowest BCUT2D eigenvalue weighted by molar-refractivity contribution is 0.326. The van der Waals surface area contributed by atoms with Crippen LogP contribution in [0.3, 0.4) is 0 Å². The molecule has 2 nitrogen and oxygen atoms in total. The van der Waals surface area contributed by atoms with Gasteiger partial charge < -0.3 is 10.3 Å². The van der Waals surface area contributed by atoms with E-state index in [1.807, 2.05) is 0 Å². The van der Waals surface area contributed by atoms with Crippen LogP contribution in [0.4, 0.5) is 0 Å². The van der Waals surface area contributed by atoms with Gasteiger partial charge in [-0.25, -0.2) is 0 Å². The second-order valence-electron chi connectivity index (χ2n) is 5.64. The van der Waals surface area contributed by atoms with E-state index in [1.54, 1.807) is 0 Å². The van der Waals surface area contributed by atoms with Crippen molar-refractivity contribution in [2.24, 2.45) is 11.1 Å². The molecule has 0 aliphatic rings. The van der Waals surface area contributed by atoms with Gasteiger partial charge in [0, 0.05) is 23.6 Å². The molecule has 1 aromatic carbocycles. The quantitative estimate of drug-likeness (QED) is 0.858. The molecule has 0 atom stereocenters. The summed E-state index contributed by atoms with van der Waals surface area (Å²) in [6, 6.07) is 8.59. The summed E-state index contributed by atoms with van der Waals surface area (Å²) >= 11 is 0. The molecule has 17 heavy (non-hydrogen) atoms. The van der Waals surface area contributed by atoms with Crippen molar-refractivity contribution >= 4 is 10.9 Å². The van der Waals surface area contributed by atoms with Gasteiger partial charge in [0.2, 0.25) is 0 Å². The Hall–Kier alpha value is -1.28. The van der Waals surface area contributed by atoms with Crippen molar-refractivity contribution in [1.82, 2.24) is 4.57 Å². The van der Waals surface area contributed by atoms with Crippen molar-refractivity contribution in [2.45, 2.75) is 33.7 Å².